The molecule has 2 heterocycles. The zero-order valence-electron chi connectivity index (χ0n) is 21.8. The number of carbonyl (C=O) groups is 3. The number of amides is 2. The summed E-state index contributed by atoms with van der Waals surface area (Å²) >= 11 is 0. The Morgan fingerprint density at radius 2 is 1.67 bits per heavy atom. The molecule has 2 aliphatic heterocycles. The zero-order valence-corrected chi connectivity index (χ0v) is 21.8. The van der Waals surface area contributed by atoms with Crippen LogP contribution in [-0.2, 0) is 20.9 Å². The fourth-order valence-corrected chi connectivity index (χ4v) is 5.25. The van der Waals surface area contributed by atoms with Crippen LogP contribution in [0, 0.1) is 12.8 Å². The average Bonchev–Trinajstić information content (AvgIpc) is 2.87. The van der Waals surface area contributed by atoms with Crippen molar-refractivity contribution in [1.82, 2.24) is 9.80 Å². The van der Waals surface area contributed by atoms with E-state index in [4.69, 9.17) is 4.74 Å². The van der Waals surface area contributed by atoms with Gasteiger partial charge in [0, 0.05) is 36.7 Å². The summed E-state index contributed by atoms with van der Waals surface area (Å²) < 4.78 is 5.41. The SMILES string of the molecule is CCOC(=O)C1=C(C)N(Cc2ccc(C(=O)N3CCC(C)CC3)cc2)C(=O)CC1c1ccccc1C. The van der Waals surface area contributed by atoms with Gasteiger partial charge in [0.05, 0.1) is 18.7 Å². The maximum atomic E-state index is 13.3. The molecule has 0 N–H and O–H groups in total. The molecule has 36 heavy (non-hydrogen) atoms. The van der Waals surface area contributed by atoms with Crippen molar-refractivity contribution in [3.63, 3.8) is 0 Å². The van der Waals surface area contributed by atoms with Crippen molar-refractivity contribution in [2.45, 2.75) is 59.4 Å². The molecular weight excluding hydrogens is 452 g/mol. The molecule has 1 atom stereocenters. The van der Waals surface area contributed by atoms with Crippen molar-refractivity contribution < 1.29 is 19.1 Å². The van der Waals surface area contributed by atoms with Gasteiger partial charge in [-0.15, -0.1) is 0 Å². The molecule has 0 aliphatic carbocycles. The lowest BCUT2D eigenvalue weighted by molar-refractivity contribution is -0.140. The third-order valence-electron chi connectivity index (χ3n) is 7.49. The molecule has 0 aromatic heterocycles. The van der Waals surface area contributed by atoms with Crippen LogP contribution in [0.25, 0.3) is 0 Å². The van der Waals surface area contributed by atoms with Crippen molar-refractivity contribution in [2.24, 2.45) is 5.92 Å². The van der Waals surface area contributed by atoms with Gasteiger partial charge in [0.25, 0.3) is 5.91 Å². The molecule has 0 spiro atoms. The molecule has 1 fully saturated rings. The lowest BCUT2D eigenvalue weighted by atomic mass is 9.81. The van der Waals surface area contributed by atoms with Gasteiger partial charge >= 0.3 is 5.97 Å². The van der Waals surface area contributed by atoms with Gasteiger partial charge < -0.3 is 14.5 Å². The summed E-state index contributed by atoms with van der Waals surface area (Å²) in [6.45, 7) is 10.0. The Morgan fingerprint density at radius 1 is 1.00 bits per heavy atom. The topological polar surface area (TPSA) is 66.9 Å². The number of hydrogen-bond acceptors (Lipinski definition) is 4. The molecule has 2 aromatic carbocycles. The summed E-state index contributed by atoms with van der Waals surface area (Å²) in [4.78, 5) is 42.8. The lowest BCUT2D eigenvalue weighted by Gasteiger charge is -2.35. The number of likely N-dealkylation sites (tertiary alicyclic amines) is 1. The minimum Gasteiger partial charge on any atom is -0.463 e. The Morgan fingerprint density at radius 3 is 2.31 bits per heavy atom. The molecule has 2 amide bonds. The van der Waals surface area contributed by atoms with Crippen molar-refractivity contribution >= 4 is 17.8 Å². The van der Waals surface area contributed by atoms with Crippen LogP contribution in [0.1, 0.15) is 73.0 Å². The molecule has 2 aromatic rings. The summed E-state index contributed by atoms with van der Waals surface area (Å²) in [5, 5.41) is 0. The molecule has 0 bridgehead atoms. The van der Waals surface area contributed by atoms with Crippen molar-refractivity contribution in [3.05, 3.63) is 82.1 Å². The smallest absolute Gasteiger partial charge is 0.336 e. The second-order valence-electron chi connectivity index (χ2n) is 9.98. The van der Waals surface area contributed by atoms with Gasteiger partial charge in [-0.3, -0.25) is 9.59 Å². The second-order valence-corrected chi connectivity index (χ2v) is 9.98. The molecule has 190 valence electrons. The molecule has 0 saturated carbocycles. The zero-order chi connectivity index (χ0) is 25.8. The van der Waals surface area contributed by atoms with E-state index in [-0.39, 0.29) is 36.7 Å². The Labute approximate surface area is 213 Å². The van der Waals surface area contributed by atoms with Gasteiger partial charge in [-0.2, -0.15) is 0 Å². The Balaban J connectivity index is 1.57. The summed E-state index contributed by atoms with van der Waals surface area (Å²) in [7, 11) is 0. The third kappa shape index (κ3) is 5.38. The fourth-order valence-electron chi connectivity index (χ4n) is 5.25. The number of rotatable bonds is 6. The van der Waals surface area contributed by atoms with Crippen LogP contribution in [0.3, 0.4) is 0 Å². The number of carbonyl (C=O) groups excluding carboxylic acids is 3. The highest BCUT2D eigenvalue weighted by Gasteiger charge is 2.37. The standard InChI is InChI=1S/C30H36N2O4/c1-5-36-30(35)28-22(4)32(27(33)18-26(28)25-9-7-6-8-21(25)3)19-23-10-12-24(13-11-23)29(34)31-16-14-20(2)15-17-31/h6-13,20,26H,5,14-19H2,1-4H3. The second kappa shape index (κ2) is 11.1. The van der Waals surface area contributed by atoms with Gasteiger partial charge in [0.15, 0.2) is 0 Å². The molecular formula is C30H36N2O4. The average molecular weight is 489 g/mol. The highest BCUT2D eigenvalue weighted by molar-refractivity contribution is 5.96. The molecule has 0 radical (unpaired) electrons. The molecule has 4 rings (SSSR count). The normalized spacial score (nSPS) is 19.0. The number of hydrogen-bond donors (Lipinski definition) is 0. The van der Waals surface area contributed by atoms with E-state index in [0.29, 0.717) is 29.3 Å². The van der Waals surface area contributed by atoms with Gasteiger partial charge in [-0.25, -0.2) is 4.79 Å². The molecule has 1 unspecified atom stereocenters. The van der Waals surface area contributed by atoms with Gasteiger partial charge in [0.1, 0.15) is 0 Å². The van der Waals surface area contributed by atoms with Crippen LogP contribution in [0.2, 0.25) is 0 Å². The highest BCUT2D eigenvalue weighted by atomic mass is 16.5. The Bertz CT molecular complexity index is 1160. The molecule has 6 nitrogen and oxygen atoms in total. The van der Waals surface area contributed by atoms with Crippen LogP contribution < -0.4 is 0 Å². The molecule has 1 saturated heterocycles. The number of benzene rings is 2. The number of aryl methyl sites for hydroxylation is 1. The Kier molecular flexibility index (Phi) is 7.92. The minimum atomic E-state index is -0.377. The van der Waals surface area contributed by atoms with Crippen LogP contribution >= 0.6 is 0 Å². The number of allylic oxidation sites excluding steroid dienone is 1. The third-order valence-corrected chi connectivity index (χ3v) is 7.49. The predicted octanol–water partition coefficient (Wildman–Crippen LogP) is 5.22. The predicted molar refractivity (Wildman–Crippen MR) is 139 cm³/mol. The summed E-state index contributed by atoms with van der Waals surface area (Å²) in [5.41, 5.74) is 4.75. The Hall–Kier alpha value is -3.41. The minimum absolute atomic E-state index is 0.0311. The van der Waals surface area contributed by atoms with Crippen LogP contribution in [-0.4, -0.2) is 47.3 Å². The first-order valence-corrected chi connectivity index (χ1v) is 12.9. The number of piperidine rings is 1. The van der Waals surface area contributed by atoms with Gasteiger partial charge in [-0.1, -0.05) is 43.3 Å². The van der Waals surface area contributed by atoms with E-state index in [1.165, 1.54) is 0 Å². The first-order valence-electron chi connectivity index (χ1n) is 12.9. The van der Waals surface area contributed by atoms with E-state index in [2.05, 4.69) is 6.92 Å². The van der Waals surface area contributed by atoms with E-state index in [1.54, 1.807) is 11.8 Å². The number of nitrogens with zero attached hydrogens (tertiary/aromatic N) is 2. The van der Waals surface area contributed by atoms with Crippen LogP contribution in [0.15, 0.2) is 59.8 Å². The van der Waals surface area contributed by atoms with Crippen molar-refractivity contribution in [3.8, 4) is 0 Å². The summed E-state index contributed by atoms with van der Waals surface area (Å²) in [6, 6.07) is 15.3. The van der Waals surface area contributed by atoms with Gasteiger partial charge in [-0.05, 0) is 68.4 Å². The van der Waals surface area contributed by atoms with E-state index >= 15 is 0 Å². The number of esters is 1. The monoisotopic (exact) mass is 488 g/mol. The fraction of sp³-hybridized carbons (Fsp3) is 0.433. The summed E-state index contributed by atoms with van der Waals surface area (Å²) in [5.74, 6) is -0.0147. The van der Waals surface area contributed by atoms with E-state index < -0.39 is 0 Å². The first-order chi connectivity index (χ1) is 17.3. The molecule has 6 heteroatoms. The van der Waals surface area contributed by atoms with Crippen molar-refractivity contribution in [1.29, 1.82) is 0 Å². The maximum absolute atomic E-state index is 13.3. The lowest BCUT2D eigenvalue weighted by Crippen LogP contribution is -2.38. The van der Waals surface area contributed by atoms with Crippen LogP contribution in [0.4, 0.5) is 0 Å². The first kappa shape index (κ1) is 25.7. The molecule has 2 aliphatic rings. The highest BCUT2D eigenvalue weighted by Crippen LogP contribution is 2.39. The summed E-state index contributed by atoms with van der Waals surface area (Å²) in [6.07, 6.45) is 2.29. The quantitative estimate of drug-likeness (QED) is 0.523. The van der Waals surface area contributed by atoms with Gasteiger partial charge in [0.2, 0.25) is 5.91 Å². The van der Waals surface area contributed by atoms with E-state index in [9.17, 15) is 14.4 Å². The van der Waals surface area contributed by atoms with Crippen molar-refractivity contribution in [2.75, 3.05) is 19.7 Å². The van der Waals surface area contributed by atoms with E-state index in [0.717, 1.165) is 42.6 Å². The van der Waals surface area contributed by atoms with E-state index in [1.807, 2.05) is 67.3 Å². The largest absolute Gasteiger partial charge is 0.463 e. The van der Waals surface area contributed by atoms with Crippen LogP contribution in [0.5, 0.6) is 0 Å². The maximum Gasteiger partial charge on any atom is 0.336 e. The number of ether oxygens (including phenoxy) is 1.